The number of aryl methyl sites for hydroxylation is 1. The molecule has 0 aromatic heterocycles. The fourth-order valence-corrected chi connectivity index (χ4v) is 1.77. The predicted molar refractivity (Wildman–Crippen MR) is 53.2 cm³/mol. The normalized spacial score (nSPS) is 20.9. The molecular formula is C11H13NO2. The lowest BCUT2D eigenvalue weighted by atomic mass is 9.96. The average Bonchev–Trinajstić information content (AvgIpc) is 2.57. The third-order valence-corrected chi connectivity index (χ3v) is 2.67. The van der Waals surface area contributed by atoms with Crippen molar-refractivity contribution >= 4 is 5.91 Å². The molecule has 1 aliphatic heterocycles. The van der Waals surface area contributed by atoms with Crippen LogP contribution in [0.3, 0.4) is 0 Å². The first-order valence-corrected chi connectivity index (χ1v) is 4.73. The van der Waals surface area contributed by atoms with Gasteiger partial charge in [-0.3, -0.25) is 4.79 Å². The van der Waals surface area contributed by atoms with E-state index in [0.717, 1.165) is 11.1 Å². The highest BCUT2D eigenvalue weighted by Gasteiger charge is 2.22. The van der Waals surface area contributed by atoms with E-state index in [1.165, 1.54) is 0 Å². The maximum atomic E-state index is 11.0. The van der Waals surface area contributed by atoms with Crippen molar-refractivity contribution < 1.29 is 9.90 Å². The Balaban J connectivity index is 2.24. The molecule has 1 fully saturated rings. The van der Waals surface area contributed by atoms with Crippen molar-refractivity contribution in [2.24, 2.45) is 0 Å². The van der Waals surface area contributed by atoms with E-state index in [9.17, 15) is 9.90 Å². The van der Waals surface area contributed by atoms with E-state index in [1.54, 1.807) is 6.07 Å². The van der Waals surface area contributed by atoms with Crippen molar-refractivity contribution in [3.05, 3.63) is 29.3 Å². The fourth-order valence-electron chi connectivity index (χ4n) is 1.77. The van der Waals surface area contributed by atoms with Crippen molar-refractivity contribution in [3.8, 4) is 5.75 Å². The molecule has 2 N–H and O–H groups in total. The van der Waals surface area contributed by atoms with Crippen LogP contribution >= 0.6 is 0 Å². The number of carbonyl (C=O) groups excluding carboxylic acids is 1. The Hall–Kier alpha value is -1.51. The molecule has 3 nitrogen and oxygen atoms in total. The van der Waals surface area contributed by atoms with Crippen molar-refractivity contribution in [2.45, 2.75) is 19.3 Å². The van der Waals surface area contributed by atoms with Gasteiger partial charge in [-0.25, -0.2) is 0 Å². The number of aromatic hydroxyl groups is 1. The maximum Gasteiger partial charge on any atom is 0.220 e. The third-order valence-electron chi connectivity index (χ3n) is 2.67. The van der Waals surface area contributed by atoms with Gasteiger partial charge in [0.2, 0.25) is 5.91 Å². The lowest BCUT2D eigenvalue weighted by Gasteiger charge is -2.09. The molecule has 1 heterocycles. The highest BCUT2D eigenvalue weighted by molar-refractivity contribution is 5.79. The summed E-state index contributed by atoms with van der Waals surface area (Å²) >= 11 is 0. The highest BCUT2D eigenvalue weighted by Crippen LogP contribution is 2.26. The van der Waals surface area contributed by atoms with Gasteiger partial charge in [-0.05, 0) is 24.1 Å². The van der Waals surface area contributed by atoms with Crippen LogP contribution in [0, 0.1) is 6.92 Å². The highest BCUT2D eigenvalue weighted by atomic mass is 16.3. The molecule has 0 saturated carbocycles. The summed E-state index contributed by atoms with van der Waals surface area (Å²) in [6, 6.07) is 5.51. The minimum atomic E-state index is 0.112. The Morgan fingerprint density at radius 2 is 2.29 bits per heavy atom. The van der Waals surface area contributed by atoms with Crippen LogP contribution in [0.2, 0.25) is 0 Å². The summed E-state index contributed by atoms with van der Waals surface area (Å²) in [7, 11) is 0. The Kier molecular flexibility index (Phi) is 2.15. The largest absolute Gasteiger partial charge is 0.508 e. The summed E-state index contributed by atoms with van der Waals surface area (Å²) < 4.78 is 0. The lowest BCUT2D eigenvalue weighted by molar-refractivity contribution is -0.119. The second-order valence-corrected chi connectivity index (χ2v) is 3.75. The lowest BCUT2D eigenvalue weighted by Crippen LogP contribution is -2.13. The van der Waals surface area contributed by atoms with Gasteiger partial charge in [-0.15, -0.1) is 0 Å². The number of nitrogens with one attached hydrogen (secondary N) is 1. The first kappa shape index (κ1) is 9.06. The summed E-state index contributed by atoms with van der Waals surface area (Å²) in [5, 5.41) is 12.2. The van der Waals surface area contributed by atoms with Crippen molar-refractivity contribution in [1.82, 2.24) is 5.32 Å². The number of phenolic OH excluding ortho intramolecular Hbond substituents is 1. The molecule has 1 saturated heterocycles. The molecule has 2 rings (SSSR count). The van der Waals surface area contributed by atoms with Crippen LogP contribution in [0.25, 0.3) is 0 Å². The summed E-state index contributed by atoms with van der Waals surface area (Å²) in [6.45, 7) is 2.58. The van der Waals surface area contributed by atoms with Crippen LogP contribution in [-0.4, -0.2) is 17.6 Å². The van der Waals surface area contributed by atoms with Gasteiger partial charge in [0, 0.05) is 18.9 Å². The molecule has 1 atom stereocenters. The van der Waals surface area contributed by atoms with Gasteiger partial charge in [0.25, 0.3) is 0 Å². The Bertz CT molecular complexity index is 374. The standard InChI is InChI=1S/C11H13NO2/c1-7-4-8(2-3-10(7)13)9-5-11(14)12-6-9/h2-4,9,13H,5-6H2,1H3,(H,12,14). The van der Waals surface area contributed by atoms with E-state index in [4.69, 9.17) is 0 Å². The SMILES string of the molecule is Cc1cc(C2CNC(=O)C2)ccc1O. The van der Waals surface area contributed by atoms with Crippen LogP contribution in [0.15, 0.2) is 18.2 Å². The fraction of sp³-hybridized carbons (Fsp3) is 0.364. The van der Waals surface area contributed by atoms with Gasteiger partial charge in [-0.1, -0.05) is 12.1 Å². The molecule has 0 aliphatic carbocycles. The third kappa shape index (κ3) is 1.58. The van der Waals surface area contributed by atoms with Crippen LogP contribution in [-0.2, 0) is 4.79 Å². The van der Waals surface area contributed by atoms with E-state index in [2.05, 4.69) is 5.32 Å². The molecule has 1 amide bonds. The van der Waals surface area contributed by atoms with Crippen molar-refractivity contribution in [1.29, 1.82) is 0 Å². The molecule has 1 aliphatic rings. The van der Waals surface area contributed by atoms with Gasteiger partial charge in [0.15, 0.2) is 0 Å². The molecule has 0 spiro atoms. The van der Waals surface area contributed by atoms with Gasteiger partial charge in [-0.2, -0.15) is 0 Å². The quantitative estimate of drug-likeness (QED) is 0.703. The van der Waals surface area contributed by atoms with Crippen LogP contribution in [0.1, 0.15) is 23.5 Å². The van der Waals surface area contributed by atoms with Gasteiger partial charge < -0.3 is 10.4 Å². The average molecular weight is 191 g/mol. The first-order valence-electron chi connectivity index (χ1n) is 4.73. The van der Waals surface area contributed by atoms with E-state index < -0.39 is 0 Å². The Morgan fingerprint density at radius 1 is 1.50 bits per heavy atom. The number of rotatable bonds is 1. The van der Waals surface area contributed by atoms with Gasteiger partial charge >= 0.3 is 0 Å². The maximum absolute atomic E-state index is 11.0. The molecule has 1 aromatic rings. The molecular weight excluding hydrogens is 178 g/mol. The van der Waals surface area contributed by atoms with Crippen LogP contribution in [0.5, 0.6) is 5.75 Å². The zero-order valence-electron chi connectivity index (χ0n) is 8.08. The molecule has 0 radical (unpaired) electrons. The van der Waals surface area contributed by atoms with E-state index >= 15 is 0 Å². The van der Waals surface area contributed by atoms with E-state index in [1.807, 2.05) is 19.1 Å². The zero-order chi connectivity index (χ0) is 10.1. The molecule has 0 bridgehead atoms. The molecule has 14 heavy (non-hydrogen) atoms. The molecule has 3 heteroatoms. The topological polar surface area (TPSA) is 49.3 Å². The van der Waals surface area contributed by atoms with Crippen LogP contribution in [0.4, 0.5) is 0 Å². The van der Waals surface area contributed by atoms with Crippen molar-refractivity contribution in [2.75, 3.05) is 6.54 Å². The number of hydrogen-bond acceptors (Lipinski definition) is 2. The smallest absolute Gasteiger partial charge is 0.220 e. The molecule has 1 aromatic carbocycles. The first-order chi connectivity index (χ1) is 6.66. The van der Waals surface area contributed by atoms with Crippen LogP contribution < -0.4 is 5.32 Å². The minimum absolute atomic E-state index is 0.112. The van der Waals surface area contributed by atoms with E-state index in [-0.39, 0.29) is 11.8 Å². The zero-order valence-corrected chi connectivity index (χ0v) is 8.08. The minimum Gasteiger partial charge on any atom is -0.508 e. The van der Waals surface area contributed by atoms with Gasteiger partial charge in [0.1, 0.15) is 5.75 Å². The molecule has 74 valence electrons. The number of carbonyl (C=O) groups is 1. The predicted octanol–water partition coefficient (Wildman–Crippen LogP) is 1.30. The van der Waals surface area contributed by atoms with Crippen molar-refractivity contribution in [3.63, 3.8) is 0 Å². The number of amides is 1. The van der Waals surface area contributed by atoms with Gasteiger partial charge in [0.05, 0.1) is 0 Å². The monoisotopic (exact) mass is 191 g/mol. The number of phenols is 1. The van der Waals surface area contributed by atoms with E-state index in [0.29, 0.717) is 18.7 Å². The summed E-state index contributed by atoms with van der Waals surface area (Å²) in [4.78, 5) is 11.0. The Morgan fingerprint density at radius 3 is 2.86 bits per heavy atom. The second-order valence-electron chi connectivity index (χ2n) is 3.75. The summed E-state index contributed by atoms with van der Waals surface area (Å²) in [6.07, 6.45) is 0.560. The number of benzene rings is 1. The summed E-state index contributed by atoms with van der Waals surface area (Å²) in [5.74, 6) is 0.688. The Labute approximate surface area is 82.8 Å². The second kappa shape index (κ2) is 3.33. The molecule has 1 unspecified atom stereocenters. The summed E-state index contributed by atoms with van der Waals surface area (Å²) in [5.41, 5.74) is 1.99. The number of hydrogen-bond donors (Lipinski definition) is 2.